The van der Waals surface area contributed by atoms with Crippen LogP contribution >= 0.6 is 0 Å². The van der Waals surface area contributed by atoms with Gasteiger partial charge in [0.25, 0.3) is 0 Å². The van der Waals surface area contributed by atoms with E-state index in [4.69, 9.17) is 19.3 Å². The fourth-order valence-electron chi connectivity index (χ4n) is 2.66. The number of carbonyl (C=O) groups excluding carboxylic acids is 1. The highest BCUT2D eigenvalue weighted by Crippen LogP contribution is 2.27. The summed E-state index contributed by atoms with van der Waals surface area (Å²) < 4.78 is 16.9. The molecule has 33 heavy (non-hydrogen) atoms. The number of carbonyl (C=O) groups is 2. The Hall–Kier alpha value is -3.80. The lowest BCUT2D eigenvalue weighted by Gasteiger charge is -2.11. The van der Waals surface area contributed by atoms with Crippen LogP contribution < -0.4 is 14.2 Å². The Kier molecular flexibility index (Phi) is 9.96. The van der Waals surface area contributed by atoms with Gasteiger partial charge in [-0.05, 0) is 76.3 Å². The van der Waals surface area contributed by atoms with Crippen molar-refractivity contribution in [3.63, 3.8) is 0 Å². The predicted octanol–water partition coefficient (Wildman–Crippen LogP) is 5.74. The molecular weight excluding hydrogens is 420 g/mol. The number of ether oxygens (including phenoxy) is 3. The molecule has 0 heterocycles. The molecule has 0 saturated heterocycles. The van der Waals surface area contributed by atoms with Crippen molar-refractivity contribution in [2.24, 2.45) is 0 Å². The lowest BCUT2D eigenvalue weighted by atomic mass is 10.1. The van der Waals surface area contributed by atoms with Crippen LogP contribution in [-0.2, 0) is 4.79 Å². The number of aliphatic carboxylic acids is 1. The molecule has 0 spiro atoms. The van der Waals surface area contributed by atoms with E-state index in [9.17, 15) is 9.59 Å². The molecule has 0 aliphatic carbocycles. The monoisotopic (exact) mass is 450 g/mol. The smallest absolute Gasteiger partial charge is 0.341 e. The Morgan fingerprint density at radius 3 is 2.18 bits per heavy atom. The zero-order valence-corrected chi connectivity index (χ0v) is 19.5. The average Bonchev–Trinajstić information content (AvgIpc) is 2.76. The number of para-hydroxylation sites is 1. The third kappa shape index (κ3) is 9.07. The number of rotatable bonds is 12. The Morgan fingerprint density at radius 1 is 0.848 bits per heavy atom. The number of hydrogen-bond donors (Lipinski definition) is 1. The van der Waals surface area contributed by atoms with E-state index in [1.807, 2.05) is 52.0 Å². The van der Waals surface area contributed by atoms with Crippen molar-refractivity contribution in [1.82, 2.24) is 0 Å². The van der Waals surface area contributed by atoms with Crippen LogP contribution in [0.5, 0.6) is 17.2 Å². The standard InChI is InChI=1S/C27H30O6/c1-19(2)13-15-31-22-11-9-21(26(17-22)32-16-14-20(3)4)10-12-24(28)23-7-5-6-8-25(23)33-18-27(29)30/h5-14,17H,15-16,18H2,1-4H3,(H,29,30). The Labute approximate surface area is 194 Å². The van der Waals surface area contributed by atoms with Crippen molar-refractivity contribution in [3.05, 3.63) is 83.0 Å². The van der Waals surface area contributed by atoms with Crippen LogP contribution in [0.25, 0.3) is 6.08 Å². The highest BCUT2D eigenvalue weighted by molar-refractivity contribution is 6.08. The SMILES string of the molecule is CC(C)=CCOc1ccc(C=CC(=O)c2ccccc2OCC(=O)O)c(OCC=C(C)C)c1. The number of carboxylic acid groups (broad SMARTS) is 1. The van der Waals surface area contributed by atoms with Crippen molar-refractivity contribution >= 4 is 17.8 Å². The lowest BCUT2D eigenvalue weighted by Crippen LogP contribution is -2.11. The van der Waals surface area contributed by atoms with Gasteiger partial charge >= 0.3 is 5.97 Å². The molecule has 0 fully saturated rings. The molecule has 0 aromatic heterocycles. The number of allylic oxidation sites excluding steroid dienone is 3. The van der Waals surface area contributed by atoms with Gasteiger partial charge in [-0.25, -0.2) is 4.79 Å². The quantitative estimate of drug-likeness (QED) is 0.252. The van der Waals surface area contributed by atoms with Crippen molar-refractivity contribution in [2.45, 2.75) is 27.7 Å². The van der Waals surface area contributed by atoms with Gasteiger partial charge in [-0.3, -0.25) is 4.79 Å². The zero-order chi connectivity index (χ0) is 24.2. The van der Waals surface area contributed by atoms with E-state index in [1.165, 1.54) is 11.6 Å². The van der Waals surface area contributed by atoms with E-state index in [2.05, 4.69) is 0 Å². The van der Waals surface area contributed by atoms with Crippen molar-refractivity contribution in [1.29, 1.82) is 0 Å². The van der Waals surface area contributed by atoms with E-state index >= 15 is 0 Å². The molecule has 0 unspecified atom stereocenters. The fourth-order valence-corrected chi connectivity index (χ4v) is 2.66. The van der Waals surface area contributed by atoms with Gasteiger partial charge in [0.15, 0.2) is 12.4 Å². The van der Waals surface area contributed by atoms with E-state index in [-0.39, 0.29) is 17.1 Å². The first kappa shape index (κ1) is 25.5. The number of hydrogen-bond acceptors (Lipinski definition) is 5. The van der Waals surface area contributed by atoms with E-state index in [0.717, 1.165) is 5.57 Å². The Balaban J connectivity index is 2.25. The van der Waals surface area contributed by atoms with E-state index in [1.54, 1.807) is 36.4 Å². The predicted molar refractivity (Wildman–Crippen MR) is 129 cm³/mol. The summed E-state index contributed by atoms with van der Waals surface area (Å²) in [5.41, 5.74) is 3.30. The molecule has 0 saturated carbocycles. The summed E-state index contributed by atoms with van der Waals surface area (Å²) in [7, 11) is 0. The molecule has 2 rings (SSSR count). The van der Waals surface area contributed by atoms with E-state index in [0.29, 0.717) is 30.3 Å². The maximum atomic E-state index is 12.8. The van der Waals surface area contributed by atoms with Gasteiger partial charge in [-0.2, -0.15) is 0 Å². The molecular formula is C27H30O6. The van der Waals surface area contributed by atoms with Crippen molar-refractivity contribution < 1.29 is 28.9 Å². The van der Waals surface area contributed by atoms with Gasteiger partial charge in [-0.1, -0.05) is 23.3 Å². The fraction of sp³-hybridized carbons (Fsp3) is 0.259. The molecule has 0 amide bonds. The van der Waals surface area contributed by atoms with Gasteiger partial charge in [0.05, 0.1) is 5.56 Å². The largest absolute Gasteiger partial charge is 0.489 e. The minimum absolute atomic E-state index is 0.220. The lowest BCUT2D eigenvalue weighted by molar-refractivity contribution is -0.139. The molecule has 6 heteroatoms. The normalized spacial score (nSPS) is 10.4. The maximum absolute atomic E-state index is 12.8. The maximum Gasteiger partial charge on any atom is 0.341 e. The Bertz CT molecular complexity index is 1050. The molecule has 2 aromatic rings. The minimum atomic E-state index is -1.11. The van der Waals surface area contributed by atoms with Gasteiger partial charge in [-0.15, -0.1) is 0 Å². The van der Waals surface area contributed by atoms with Gasteiger partial charge in [0.2, 0.25) is 0 Å². The summed E-state index contributed by atoms with van der Waals surface area (Å²) in [4.78, 5) is 23.6. The molecule has 1 N–H and O–H groups in total. The number of ketones is 1. The molecule has 174 valence electrons. The molecule has 0 aliphatic heterocycles. The molecule has 0 bridgehead atoms. The van der Waals surface area contributed by atoms with Crippen LogP contribution in [0, 0.1) is 0 Å². The Morgan fingerprint density at radius 2 is 1.52 bits per heavy atom. The molecule has 0 aliphatic rings. The summed E-state index contributed by atoms with van der Waals surface area (Å²) in [6, 6.07) is 12.0. The van der Waals surface area contributed by atoms with Crippen LogP contribution in [0.15, 0.2) is 71.8 Å². The second-order valence-corrected chi connectivity index (χ2v) is 7.76. The van der Waals surface area contributed by atoms with Crippen molar-refractivity contribution in [2.75, 3.05) is 19.8 Å². The molecule has 0 radical (unpaired) electrons. The van der Waals surface area contributed by atoms with Crippen molar-refractivity contribution in [3.8, 4) is 17.2 Å². The van der Waals surface area contributed by atoms with Gasteiger partial charge < -0.3 is 19.3 Å². The molecule has 2 aromatic carbocycles. The average molecular weight is 451 g/mol. The van der Waals surface area contributed by atoms with E-state index < -0.39 is 12.6 Å². The molecule has 0 atom stereocenters. The minimum Gasteiger partial charge on any atom is -0.489 e. The second-order valence-electron chi connectivity index (χ2n) is 7.76. The third-order valence-corrected chi connectivity index (χ3v) is 4.37. The van der Waals surface area contributed by atoms with Gasteiger partial charge in [0, 0.05) is 11.6 Å². The second kappa shape index (κ2) is 12.9. The number of benzene rings is 2. The highest BCUT2D eigenvalue weighted by Gasteiger charge is 2.11. The summed E-state index contributed by atoms with van der Waals surface area (Å²) in [6.45, 7) is 8.32. The van der Waals surface area contributed by atoms with Crippen LogP contribution in [0.3, 0.4) is 0 Å². The first-order valence-electron chi connectivity index (χ1n) is 10.6. The summed E-state index contributed by atoms with van der Waals surface area (Å²) >= 11 is 0. The third-order valence-electron chi connectivity index (χ3n) is 4.37. The van der Waals surface area contributed by atoms with Crippen LogP contribution in [-0.4, -0.2) is 36.7 Å². The van der Waals surface area contributed by atoms with Crippen LogP contribution in [0.4, 0.5) is 0 Å². The first-order valence-corrected chi connectivity index (χ1v) is 10.6. The van der Waals surface area contributed by atoms with Gasteiger partial charge in [0.1, 0.15) is 30.5 Å². The number of carboxylic acids is 1. The summed E-state index contributed by atoms with van der Waals surface area (Å²) in [5, 5.41) is 8.84. The zero-order valence-electron chi connectivity index (χ0n) is 19.5. The summed E-state index contributed by atoms with van der Waals surface area (Å²) in [6.07, 6.45) is 7.02. The molecule has 6 nitrogen and oxygen atoms in total. The van der Waals surface area contributed by atoms with Crippen LogP contribution in [0.2, 0.25) is 0 Å². The van der Waals surface area contributed by atoms with Crippen LogP contribution in [0.1, 0.15) is 43.6 Å². The first-order chi connectivity index (χ1) is 15.8. The summed E-state index contributed by atoms with van der Waals surface area (Å²) in [5.74, 6) is 0.0443. The highest BCUT2D eigenvalue weighted by atomic mass is 16.5. The topological polar surface area (TPSA) is 82.1 Å².